The Morgan fingerprint density at radius 3 is 2.38 bits per heavy atom. The molecule has 2 aliphatic rings. The molecule has 0 atom stereocenters. The number of aromatic nitrogens is 3. The van der Waals surface area contributed by atoms with Gasteiger partial charge in [-0.25, -0.2) is 18.7 Å². The lowest BCUT2D eigenvalue weighted by Gasteiger charge is -2.46. The molecule has 8 nitrogen and oxygen atoms in total. The molecule has 2 fully saturated rings. The van der Waals surface area contributed by atoms with Crippen molar-refractivity contribution in [3.8, 4) is 0 Å². The van der Waals surface area contributed by atoms with Crippen molar-refractivity contribution in [1.82, 2.24) is 24.8 Å². The summed E-state index contributed by atoms with van der Waals surface area (Å²) in [5.74, 6) is -2.99. The van der Waals surface area contributed by atoms with Gasteiger partial charge in [0.15, 0.2) is 11.3 Å². The van der Waals surface area contributed by atoms with Crippen LogP contribution in [0.5, 0.6) is 0 Å². The van der Waals surface area contributed by atoms with Gasteiger partial charge in [-0.1, -0.05) is 20.8 Å². The molecule has 1 aliphatic heterocycles. The van der Waals surface area contributed by atoms with Gasteiger partial charge in [-0.2, -0.15) is 0 Å². The smallest absolute Gasteiger partial charge is 0.290 e. The molecule has 0 spiro atoms. The van der Waals surface area contributed by atoms with Crippen molar-refractivity contribution in [2.45, 2.75) is 83.1 Å². The average Bonchev–Trinajstić information content (AvgIpc) is 3.31. The maximum atomic E-state index is 13.8. The average molecular weight is 540 g/mol. The molecule has 208 valence electrons. The quantitative estimate of drug-likeness (QED) is 0.431. The number of pyridine rings is 1. The number of carbonyl (C=O) groups excluding carboxylic acids is 2. The first-order valence-corrected chi connectivity index (χ1v) is 13.5. The fourth-order valence-corrected chi connectivity index (χ4v) is 5.66. The molecule has 5 rings (SSSR count). The van der Waals surface area contributed by atoms with Gasteiger partial charge in [-0.05, 0) is 38.2 Å². The van der Waals surface area contributed by atoms with E-state index in [1.165, 1.54) is 18.6 Å². The lowest BCUT2D eigenvalue weighted by Crippen LogP contribution is -2.62. The summed E-state index contributed by atoms with van der Waals surface area (Å²) >= 11 is 0. The van der Waals surface area contributed by atoms with Crippen LogP contribution in [0.3, 0.4) is 0 Å². The molecule has 3 aromatic heterocycles. The Hall–Kier alpha value is -3.43. The second-order valence-corrected chi connectivity index (χ2v) is 12.4. The minimum atomic E-state index is -2.61. The Bertz CT molecular complexity index is 1390. The zero-order chi connectivity index (χ0) is 28.2. The molecule has 1 saturated heterocycles. The molecule has 3 aromatic rings. The molecule has 4 heterocycles. The van der Waals surface area contributed by atoms with Crippen LogP contribution >= 0.6 is 0 Å². The number of amides is 2. The summed E-state index contributed by atoms with van der Waals surface area (Å²) in [5.41, 5.74) is 2.08. The van der Waals surface area contributed by atoms with Gasteiger partial charge < -0.3 is 14.2 Å². The number of halogens is 2. The number of fused-ring (bicyclic) bond motifs is 1. The van der Waals surface area contributed by atoms with Gasteiger partial charge in [0.25, 0.3) is 11.8 Å². The summed E-state index contributed by atoms with van der Waals surface area (Å²) in [4.78, 5) is 43.0. The highest BCUT2D eigenvalue weighted by molar-refractivity contribution is 5.97. The number of nitrogens with zero attached hydrogens (tertiary/aromatic N) is 5. The first-order valence-electron chi connectivity index (χ1n) is 13.5. The van der Waals surface area contributed by atoms with E-state index in [2.05, 4.69) is 30.7 Å². The minimum Gasteiger partial charge on any atom is -0.449 e. The first kappa shape index (κ1) is 27.1. The zero-order valence-electron chi connectivity index (χ0n) is 23.1. The molecule has 10 heteroatoms. The van der Waals surface area contributed by atoms with Crippen molar-refractivity contribution in [3.63, 3.8) is 0 Å². The molecule has 1 aliphatic carbocycles. The van der Waals surface area contributed by atoms with E-state index in [0.717, 1.165) is 11.3 Å². The van der Waals surface area contributed by atoms with Crippen LogP contribution in [0.25, 0.3) is 11.1 Å². The van der Waals surface area contributed by atoms with Crippen LogP contribution in [0.4, 0.5) is 8.78 Å². The van der Waals surface area contributed by atoms with Crippen LogP contribution in [0.1, 0.15) is 98.5 Å². The highest BCUT2D eigenvalue weighted by Crippen LogP contribution is 2.42. The highest BCUT2D eigenvalue weighted by atomic mass is 19.3. The molecule has 39 heavy (non-hydrogen) atoms. The lowest BCUT2D eigenvalue weighted by atomic mass is 9.81. The van der Waals surface area contributed by atoms with E-state index in [1.54, 1.807) is 15.9 Å². The molecular weight excluding hydrogens is 504 g/mol. The maximum Gasteiger partial charge on any atom is 0.290 e. The Kier molecular flexibility index (Phi) is 6.71. The van der Waals surface area contributed by atoms with E-state index in [1.807, 2.05) is 19.9 Å². The summed E-state index contributed by atoms with van der Waals surface area (Å²) in [7, 11) is 0. The first-order chi connectivity index (χ1) is 18.2. The summed E-state index contributed by atoms with van der Waals surface area (Å²) in [6.07, 6.45) is 4.91. The van der Waals surface area contributed by atoms with Gasteiger partial charge in [0.2, 0.25) is 5.92 Å². The summed E-state index contributed by atoms with van der Waals surface area (Å²) in [6.45, 7) is 11.0. The predicted molar refractivity (Wildman–Crippen MR) is 142 cm³/mol. The second kappa shape index (κ2) is 9.64. The fraction of sp³-hybridized carbons (Fsp3) is 0.552. The Morgan fingerprint density at radius 1 is 1.05 bits per heavy atom. The molecule has 0 radical (unpaired) electrons. The van der Waals surface area contributed by atoms with E-state index in [0.29, 0.717) is 43.6 Å². The number of rotatable bonds is 3. The number of hydrogen-bond donors (Lipinski definition) is 0. The van der Waals surface area contributed by atoms with Gasteiger partial charge in [0.1, 0.15) is 11.2 Å². The summed E-state index contributed by atoms with van der Waals surface area (Å²) in [6, 6.07) is 3.63. The van der Waals surface area contributed by atoms with Crippen molar-refractivity contribution < 1.29 is 22.8 Å². The number of furan rings is 1. The van der Waals surface area contributed by atoms with Gasteiger partial charge >= 0.3 is 0 Å². The molecular formula is C29H35F2N5O3. The van der Waals surface area contributed by atoms with E-state index < -0.39 is 11.5 Å². The van der Waals surface area contributed by atoms with Crippen LogP contribution in [0.2, 0.25) is 0 Å². The van der Waals surface area contributed by atoms with Crippen LogP contribution < -0.4 is 0 Å². The van der Waals surface area contributed by atoms with Crippen LogP contribution in [-0.2, 0) is 5.41 Å². The minimum absolute atomic E-state index is 0.0528. The standard InChI is InChI=1S/C29H35F2N5O3/c1-27(2,3)19-14-20(18-6-8-29(30,31)9-7-18)34-21-15-23(39-24(19)21)26(38)36-13-12-35(17-28(36,4)5)25(37)22-16-32-10-11-33-22/h10-11,14-16,18H,6-9,12-13,17H2,1-5H3. The zero-order valence-corrected chi connectivity index (χ0v) is 23.1. The third-order valence-corrected chi connectivity index (χ3v) is 7.87. The largest absolute Gasteiger partial charge is 0.449 e. The van der Waals surface area contributed by atoms with Crippen molar-refractivity contribution >= 4 is 22.9 Å². The van der Waals surface area contributed by atoms with E-state index in [4.69, 9.17) is 9.40 Å². The Labute approximate surface area is 226 Å². The third kappa shape index (κ3) is 5.38. The Balaban J connectivity index is 1.42. The SMILES string of the molecule is CC(C)(C)c1cc(C2CCC(F)(F)CC2)nc2cc(C(=O)N3CCN(C(=O)c4cnccn4)CC3(C)C)oc12. The van der Waals surface area contributed by atoms with Crippen molar-refractivity contribution in [3.05, 3.63) is 53.4 Å². The molecule has 0 aromatic carbocycles. The van der Waals surface area contributed by atoms with Crippen LogP contribution in [-0.4, -0.2) is 67.7 Å². The van der Waals surface area contributed by atoms with E-state index in [9.17, 15) is 18.4 Å². The Morgan fingerprint density at radius 2 is 1.77 bits per heavy atom. The van der Waals surface area contributed by atoms with Crippen molar-refractivity contribution in [2.75, 3.05) is 19.6 Å². The molecule has 0 bridgehead atoms. The van der Waals surface area contributed by atoms with Gasteiger partial charge in [-0.15, -0.1) is 0 Å². The monoisotopic (exact) mass is 539 g/mol. The molecule has 2 amide bonds. The van der Waals surface area contributed by atoms with E-state index in [-0.39, 0.29) is 47.4 Å². The molecule has 0 unspecified atom stereocenters. The van der Waals surface area contributed by atoms with Crippen molar-refractivity contribution in [2.24, 2.45) is 0 Å². The van der Waals surface area contributed by atoms with Gasteiger partial charge in [0, 0.05) is 68.1 Å². The van der Waals surface area contributed by atoms with Gasteiger partial charge in [0.05, 0.1) is 11.7 Å². The second-order valence-electron chi connectivity index (χ2n) is 12.4. The van der Waals surface area contributed by atoms with E-state index >= 15 is 0 Å². The highest BCUT2D eigenvalue weighted by Gasteiger charge is 2.41. The summed E-state index contributed by atoms with van der Waals surface area (Å²) in [5, 5.41) is 0. The predicted octanol–water partition coefficient (Wildman–Crippen LogP) is 5.59. The normalized spacial score (nSPS) is 19.9. The number of hydrogen-bond acceptors (Lipinski definition) is 6. The fourth-order valence-electron chi connectivity index (χ4n) is 5.66. The topological polar surface area (TPSA) is 92.4 Å². The third-order valence-electron chi connectivity index (χ3n) is 7.87. The molecule has 1 saturated carbocycles. The number of piperazine rings is 1. The van der Waals surface area contributed by atoms with Gasteiger partial charge in [-0.3, -0.25) is 14.6 Å². The molecule has 0 N–H and O–H groups in total. The maximum absolute atomic E-state index is 13.8. The lowest BCUT2D eigenvalue weighted by molar-refractivity contribution is -0.0384. The number of carbonyl (C=O) groups is 2. The van der Waals surface area contributed by atoms with Crippen LogP contribution in [0, 0.1) is 0 Å². The summed E-state index contributed by atoms with van der Waals surface area (Å²) < 4.78 is 33.8. The number of alkyl halides is 2. The van der Waals surface area contributed by atoms with Crippen LogP contribution in [0.15, 0.2) is 35.1 Å². The van der Waals surface area contributed by atoms with Crippen molar-refractivity contribution in [1.29, 1.82) is 0 Å².